The molecule has 4 atom stereocenters. The molecular formula is C28H36Cl3NO6S. The molecular weight excluding hydrogens is 585 g/mol. The van der Waals surface area contributed by atoms with E-state index >= 15 is 0 Å². The van der Waals surface area contributed by atoms with Crippen LogP contribution in [-0.4, -0.2) is 58.5 Å². The van der Waals surface area contributed by atoms with E-state index in [9.17, 15) is 24.9 Å². The van der Waals surface area contributed by atoms with Crippen molar-refractivity contribution in [1.82, 2.24) is 0 Å². The van der Waals surface area contributed by atoms with E-state index < -0.39 is 23.4 Å². The number of rotatable bonds is 15. The van der Waals surface area contributed by atoms with Gasteiger partial charge in [0.1, 0.15) is 11.5 Å². The minimum atomic E-state index is -1.03. The number of benzene rings is 1. The number of hydrogen-bond donors (Lipinski definition) is 4. The van der Waals surface area contributed by atoms with Crippen LogP contribution in [0.1, 0.15) is 58.6 Å². The van der Waals surface area contributed by atoms with Crippen LogP contribution in [0.3, 0.4) is 0 Å². The second-order valence-electron chi connectivity index (χ2n) is 10.5. The Kier molecular flexibility index (Phi) is 12.4. The number of aliphatic hydroxyl groups is 3. The van der Waals surface area contributed by atoms with Crippen molar-refractivity contribution in [2.75, 3.05) is 19.8 Å². The number of aliphatic hydroxyl groups excluding tert-OH is 3. The van der Waals surface area contributed by atoms with E-state index in [0.29, 0.717) is 40.6 Å². The quantitative estimate of drug-likeness (QED) is 0.164. The number of halogens is 3. The summed E-state index contributed by atoms with van der Waals surface area (Å²) < 4.78 is 5.43. The van der Waals surface area contributed by atoms with Crippen LogP contribution in [0.2, 0.25) is 10.0 Å². The SMILES string of the molecule is NC(=O)CCCC(CO)(CO)COC(=O)c1ccc(CC[C@@H]2[C@@H](CCc3cc(Cl)cc(Cl)c3)[C@H](O)C[C@H]2Cl)s1. The van der Waals surface area contributed by atoms with Gasteiger partial charge in [-0.05, 0) is 92.7 Å². The average Bonchev–Trinajstić information content (AvgIpc) is 3.46. The largest absolute Gasteiger partial charge is 0.461 e. The summed E-state index contributed by atoms with van der Waals surface area (Å²) >= 11 is 20.2. The van der Waals surface area contributed by atoms with Gasteiger partial charge in [0, 0.05) is 26.7 Å². The van der Waals surface area contributed by atoms with Crippen molar-refractivity contribution in [2.24, 2.45) is 23.0 Å². The summed E-state index contributed by atoms with van der Waals surface area (Å²) in [5.74, 6) is -0.817. The number of primary amides is 1. The van der Waals surface area contributed by atoms with Crippen LogP contribution >= 0.6 is 46.1 Å². The van der Waals surface area contributed by atoms with Gasteiger partial charge in [0.25, 0.3) is 0 Å². The van der Waals surface area contributed by atoms with Gasteiger partial charge in [0.2, 0.25) is 5.91 Å². The molecule has 5 N–H and O–H groups in total. The Hall–Kier alpha value is -1.39. The normalized spacial score (nSPS) is 21.3. The molecule has 7 nitrogen and oxygen atoms in total. The molecule has 216 valence electrons. The Morgan fingerprint density at radius 1 is 1.05 bits per heavy atom. The third-order valence-electron chi connectivity index (χ3n) is 7.56. The molecule has 1 aliphatic carbocycles. The lowest BCUT2D eigenvalue weighted by Gasteiger charge is -2.28. The highest BCUT2D eigenvalue weighted by Crippen LogP contribution is 2.42. The molecule has 1 amide bonds. The van der Waals surface area contributed by atoms with Crippen LogP contribution in [0.5, 0.6) is 0 Å². The monoisotopic (exact) mass is 619 g/mol. The van der Waals surface area contributed by atoms with E-state index in [1.807, 2.05) is 18.2 Å². The maximum absolute atomic E-state index is 12.7. The van der Waals surface area contributed by atoms with Crippen LogP contribution in [0.15, 0.2) is 30.3 Å². The Bertz CT molecular complexity index is 1090. The predicted octanol–water partition coefficient (Wildman–Crippen LogP) is 5.01. The number of hydrogen-bond acceptors (Lipinski definition) is 7. The van der Waals surface area contributed by atoms with Gasteiger partial charge in [-0.25, -0.2) is 4.79 Å². The van der Waals surface area contributed by atoms with Crippen LogP contribution in [0.4, 0.5) is 0 Å². The molecule has 2 aromatic rings. The van der Waals surface area contributed by atoms with E-state index in [1.165, 1.54) is 11.3 Å². The maximum atomic E-state index is 12.7. The van der Waals surface area contributed by atoms with E-state index in [1.54, 1.807) is 12.1 Å². The molecule has 1 aromatic carbocycles. The minimum absolute atomic E-state index is 0.0503. The second-order valence-corrected chi connectivity index (χ2v) is 13.1. The topological polar surface area (TPSA) is 130 Å². The molecule has 1 heterocycles. The van der Waals surface area contributed by atoms with Crippen LogP contribution in [0, 0.1) is 17.3 Å². The third-order valence-corrected chi connectivity index (χ3v) is 9.62. The first-order valence-corrected chi connectivity index (χ1v) is 15.1. The number of esters is 1. The summed E-state index contributed by atoms with van der Waals surface area (Å²) in [5, 5.41) is 31.3. The van der Waals surface area contributed by atoms with Gasteiger partial charge in [-0.2, -0.15) is 0 Å². The molecule has 0 saturated heterocycles. The van der Waals surface area contributed by atoms with Crippen LogP contribution in [0.25, 0.3) is 0 Å². The van der Waals surface area contributed by atoms with Crippen molar-refractivity contribution in [3.63, 3.8) is 0 Å². The van der Waals surface area contributed by atoms with Crippen molar-refractivity contribution >= 4 is 58.0 Å². The zero-order chi connectivity index (χ0) is 28.6. The second kappa shape index (κ2) is 15.0. The summed E-state index contributed by atoms with van der Waals surface area (Å²) in [5.41, 5.74) is 5.16. The standard InChI is InChI=1S/C28H36Cl3NO6S/c29-18-10-17(11-19(30)12-18)3-6-22-21(23(31)13-24(22)35)7-4-20-5-8-25(39-20)27(37)38-16-28(14-33,15-34)9-1-2-26(32)36/h5,8,10-12,21-24,33-35H,1-4,6-7,9,13-16H2,(H2,32,36)/t21-,22-,23-,24-/m1/s1. The molecule has 39 heavy (non-hydrogen) atoms. The molecule has 0 unspecified atom stereocenters. The molecule has 3 rings (SSSR count). The number of carbonyl (C=O) groups is 2. The van der Waals surface area contributed by atoms with Gasteiger partial charge >= 0.3 is 5.97 Å². The molecule has 1 saturated carbocycles. The van der Waals surface area contributed by atoms with E-state index in [-0.39, 0.29) is 43.5 Å². The molecule has 11 heteroatoms. The first-order valence-electron chi connectivity index (χ1n) is 13.1. The van der Waals surface area contributed by atoms with Gasteiger partial charge in [-0.15, -0.1) is 22.9 Å². The fourth-order valence-corrected chi connectivity index (χ4v) is 7.24. The van der Waals surface area contributed by atoms with E-state index in [4.69, 9.17) is 45.3 Å². The van der Waals surface area contributed by atoms with Crippen LogP contribution in [-0.2, 0) is 22.4 Å². The summed E-state index contributed by atoms with van der Waals surface area (Å²) in [6.45, 7) is -0.939. The molecule has 0 spiro atoms. The highest BCUT2D eigenvalue weighted by Gasteiger charge is 2.40. The van der Waals surface area contributed by atoms with Crippen molar-refractivity contribution in [3.8, 4) is 0 Å². The Labute approximate surface area is 248 Å². The highest BCUT2D eigenvalue weighted by atomic mass is 35.5. The summed E-state index contributed by atoms with van der Waals surface area (Å²) in [7, 11) is 0. The first kappa shape index (κ1) is 32.1. The molecule has 1 aromatic heterocycles. The summed E-state index contributed by atoms with van der Waals surface area (Å²) in [4.78, 5) is 25.1. The predicted molar refractivity (Wildman–Crippen MR) is 155 cm³/mol. The van der Waals surface area contributed by atoms with Crippen molar-refractivity contribution in [3.05, 3.63) is 55.7 Å². The molecule has 0 radical (unpaired) electrons. The van der Waals surface area contributed by atoms with Gasteiger partial charge < -0.3 is 25.8 Å². The fourth-order valence-electron chi connectivity index (χ4n) is 5.25. The molecule has 1 fully saturated rings. The number of ether oxygens (including phenoxy) is 1. The first-order chi connectivity index (χ1) is 18.6. The van der Waals surface area contributed by atoms with E-state index in [0.717, 1.165) is 29.7 Å². The van der Waals surface area contributed by atoms with Gasteiger partial charge in [-0.3, -0.25) is 4.79 Å². The van der Waals surface area contributed by atoms with E-state index in [2.05, 4.69) is 0 Å². The molecule has 1 aliphatic rings. The highest BCUT2D eigenvalue weighted by molar-refractivity contribution is 7.13. The molecule has 0 aliphatic heterocycles. The van der Waals surface area contributed by atoms with Gasteiger partial charge in [0.15, 0.2) is 0 Å². The number of nitrogens with two attached hydrogens (primary N) is 1. The van der Waals surface area contributed by atoms with Crippen molar-refractivity contribution < 1.29 is 29.6 Å². The number of aryl methyl sites for hydroxylation is 2. The number of amides is 1. The smallest absolute Gasteiger partial charge is 0.348 e. The van der Waals surface area contributed by atoms with Gasteiger partial charge in [-0.1, -0.05) is 23.2 Å². The zero-order valence-electron chi connectivity index (χ0n) is 21.7. The lowest BCUT2D eigenvalue weighted by atomic mass is 9.85. The zero-order valence-corrected chi connectivity index (χ0v) is 24.7. The number of carbonyl (C=O) groups excluding carboxylic acids is 2. The number of alkyl halides is 1. The number of thiophene rings is 1. The molecule has 0 bridgehead atoms. The Balaban J connectivity index is 1.54. The van der Waals surface area contributed by atoms with Crippen molar-refractivity contribution in [1.29, 1.82) is 0 Å². The Morgan fingerprint density at radius 2 is 1.72 bits per heavy atom. The van der Waals surface area contributed by atoms with Crippen LogP contribution < -0.4 is 5.73 Å². The van der Waals surface area contributed by atoms with Gasteiger partial charge in [0.05, 0.1) is 24.7 Å². The minimum Gasteiger partial charge on any atom is -0.461 e. The summed E-state index contributed by atoms with van der Waals surface area (Å²) in [6, 6.07) is 9.07. The summed E-state index contributed by atoms with van der Waals surface area (Å²) in [6.07, 6.45) is 3.87. The lowest BCUT2D eigenvalue weighted by molar-refractivity contribution is -0.118. The third kappa shape index (κ3) is 9.32. The Morgan fingerprint density at radius 3 is 2.36 bits per heavy atom. The lowest BCUT2D eigenvalue weighted by Crippen LogP contribution is -2.36. The maximum Gasteiger partial charge on any atom is 0.348 e. The average molecular weight is 621 g/mol. The van der Waals surface area contributed by atoms with Crippen molar-refractivity contribution in [2.45, 2.75) is 62.8 Å². The fraction of sp³-hybridized carbons (Fsp3) is 0.571.